The molecule has 4 rings (SSSR count). The fraction of sp³-hybridized carbons (Fsp3) is 0.182. The second kappa shape index (κ2) is 7.25. The third kappa shape index (κ3) is 3.07. The quantitative estimate of drug-likeness (QED) is 0.482. The highest BCUT2D eigenvalue weighted by molar-refractivity contribution is 9.10. The largest absolute Gasteiger partial charge is 0.495 e. The Labute approximate surface area is 166 Å². The first-order valence-electron chi connectivity index (χ1n) is 8.67. The van der Waals surface area contributed by atoms with Gasteiger partial charge >= 0.3 is 0 Å². The van der Waals surface area contributed by atoms with Crippen molar-refractivity contribution in [2.75, 3.05) is 14.2 Å². The van der Waals surface area contributed by atoms with E-state index in [1.807, 2.05) is 36.4 Å². The third-order valence-electron chi connectivity index (χ3n) is 4.84. The van der Waals surface area contributed by atoms with Gasteiger partial charge in [-0.15, -0.1) is 0 Å². The number of hydrogen-bond acceptors (Lipinski definition) is 3. The smallest absolute Gasteiger partial charge is 0.143 e. The lowest BCUT2D eigenvalue weighted by molar-refractivity contribution is 0.281. The van der Waals surface area contributed by atoms with Gasteiger partial charge in [0.05, 0.1) is 31.9 Å². The topological polar surface area (TPSA) is 43.6 Å². The van der Waals surface area contributed by atoms with E-state index in [0.29, 0.717) is 6.54 Å². The number of rotatable bonds is 5. The van der Waals surface area contributed by atoms with E-state index in [0.717, 1.165) is 43.3 Å². The molecule has 3 aromatic carbocycles. The van der Waals surface area contributed by atoms with Gasteiger partial charge in [-0.25, -0.2) is 0 Å². The molecule has 0 spiro atoms. The molecular formula is C22H20BrNO3. The molecule has 0 unspecified atom stereocenters. The van der Waals surface area contributed by atoms with Gasteiger partial charge in [0.15, 0.2) is 0 Å². The minimum absolute atomic E-state index is 0.0321. The van der Waals surface area contributed by atoms with Crippen molar-refractivity contribution in [3.05, 3.63) is 70.2 Å². The Balaban J connectivity index is 2.07. The minimum atomic E-state index is -0.0321. The molecule has 0 aliphatic rings. The summed E-state index contributed by atoms with van der Waals surface area (Å²) in [6, 6.07) is 18.3. The Kier molecular flexibility index (Phi) is 4.81. The van der Waals surface area contributed by atoms with Gasteiger partial charge in [-0.1, -0.05) is 40.2 Å². The van der Waals surface area contributed by atoms with Crippen LogP contribution in [-0.2, 0) is 13.2 Å². The van der Waals surface area contributed by atoms with E-state index in [9.17, 15) is 5.11 Å². The maximum atomic E-state index is 9.67. The van der Waals surface area contributed by atoms with Gasteiger partial charge in [0, 0.05) is 21.8 Å². The van der Waals surface area contributed by atoms with Crippen LogP contribution in [0.15, 0.2) is 59.1 Å². The molecule has 4 aromatic rings. The molecule has 0 saturated carbocycles. The maximum Gasteiger partial charge on any atom is 0.143 e. The van der Waals surface area contributed by atoms with Crippen molar-refractivity contribution in [1.82, 2.24) is 4.57 Å². The monoisotopic (exact) mass is 425 g/mol. The third-order valence-corrected chi connectivity index (χ3v) is 5.37. The summed E-state index contributed by atoms with van der Waals surface area (Å²) < 4.78 is 14.6. The number of hydrogen-bond donors (Lipinski definition) is 1. The molecule has 5 heteroatoms. The Hall–Kier alpha value is -2.50. The first-order chi connectivity index (χ1) is 13.2. The molecule has 0 aliphatic heterocycles. The summed E-state index contributed by atoms with van der Waals surface area (Å²) in [6.07, 6.45) is 0. The van der Waals surface area contributed by atoms with E-state index in [-0.39, 0.29) is 6.61 Å². The van der Waals surface area contributed by atoms with Crippen molar-refractivity contribution < 1.29 is 14.6 Å². The number of ether oxygens (including phenoxy) is 2. The molecule has 0 bridgehead atoms. The number of aliphatic hydroxyl groups excluding tert-OH is 1. The van der Waals surface area contributed by atoms with Crippen LogP contribution in [0.1, 0.15) is 11.1 Å². The van der Waals surface area contributed by atoms with E-state index >= 15 is 0 Å². The average molecular weight is 426 g/mol. The molecule has 0 aliphatic carbocycles. The average Bonchev–Trinajstić information content (AvgIpc) is 3.02. The minimum Gasteiger partial charge on any atom is -0.495 e. The van der Waals surface area contributed by atoms with Crippen molar-refractivity contribution in [3.63, 3.8) is 0 Å². The number of benzene rings is 3. The maximum absolute atomic E-state index is 9.67. The van der Waals surface area contributed by atoms with Crippen LogP contribution in [0.2, 0.25) is 0 Å². The standard InChI is InChI=1S/C22H20BrNO3/c1-26-19-5-3-4-17-18-10-15(13-25)11-20(27-2)22(18)24(21(17)19)12-14-6-8-16(23)9-7-14/h3-11,25H,12-13H2,1-2H3. The van der Waals surface area contributed by atoms with Crippen molar-refractivity contribution in [3.8, 4) is 11.5 Å². The van der Waals surface area contributed by atoms with Crippen LogP contribution in [0.25, 0.3) is 21.8 Å². The van der Waals surface area contributed by atoms with Crippen LogP contribution in [0.3, 0.4) is 0 Å². The predicted molar refractivity (Wildman–Crippen MR) is 112 cm³/mol. The zero-order valence-corrected chi connectivity index (χ0v) is 16.8. The van der Waals surface area contributed by atoms with Gasteiger partial charge in [-0.05, 0) is 41.5 Å². The lowest BCUT2D eigenvalue weighted by Gasteiger charge is -2.13. The summed E-state index contributed by atoms with van der Waals surface area (Å²) in [5.41, 5.74) is 4.02. The van der Waals surface area contributed by atoms with Crippen LogP contribution in [0.5, 0.6) is 11.5 Å². The van der Waals surface area contributed by atoms with E-state index < -0.39 is 0 Å². The van der Waals surface area contributed by atoms with Gasteiger partial charge in [0.2, 0.25) is 0 Å². The summed E-state index contributed by atoms with van der Waals surface area (Å²) in [5.74, 6) is 1.56. The van der Waals surface area contributed by atoms with Crippen LogP contribution < -0.4 is 9.47 Å². The van der Waals surface area contributed by atoms with E-state index in [1.165, 1.54) is 5.56 Å². The fourth-order valence-electron chi connectivity index (χ4n) is 3.62. The van der Waals surface area contributed by atoms with Crippen LogP contribution in [-0.4, -0.2) is 23.9 Å². The van der Waals surface area contributed by atoms with E-state index in [4.69, 9.17) is 9.47 Å². The van der Waals surface area contributed by atoms with Crippen LogP contribution in [0, 0.1) is 0 Å². The van der Waals surface area contributed by atoms with Gasteiger partial charge in [-0.3, -0.25) is 0 Å². The molecule has 0 amide bonds. The summed E-state index contributed by atoms with van der Waals surface area (Å²) in [7, 11) is 3.35. The molecule has 1 N–H and O–H groups in total. The van der Waals surface area contributed by atoms with Gasteiger partial charge in [0.1, 0.15) is 11.5 Å². The van der Waals surface area contributed by atoms with Crippen molar-refractivity contribution in [2.45, 2.75) is 13.2 Å². The zero-order valence-electron chi connectivity index (χ0n) is 15.2. The SMILES string of the molecule is COc1cccc2c3cc(CO)cc(OC)c3n(Cc3ccc(Br)cc3)c12. The number of para-hydroxylation sites is 1. The summed E-state index contributed by atoms with van der Waals surface area (Å²) in [5, 5.41) is 11.8. The highest BCUT2D eigenvalue weighted by Gasteiger charge is 2.19. The first kappa shape index (κ1) is 17.9. The molecule has 0 radical (unpaired) electrons. The van der Waals surface area contributed by atoms with Gasteiger partial charge in [0.25, 0.3) is 0 Å². The Bertz CT molecular complexity index is 1120. The van der Waals surface area contributed by atoms with E-state index in [2.05, 4.69) is 38.7 Å². The highest BCUT2D eigenvalue weighted by atomic mass is 79.9. The molecule has 1 heterocycles. The number of halogens is 1. The summed E-state index contributed by atoms with van der Waals surface area (Å²) in [6.45, 7) is 0.651. The molecule has 4 nitrogen and oxygen atoms in total. The van der Waals surface area contributed by atoms with Crippen LogP contribution >= 0.6 is 15.9 Å². The second-order valence-electron chi connectivity index (χ2n) is 6.42. The van der Waals surface area contributed by atoms with Crippen molar-refractivity contribution in [1.29, 1.82) is 0 Å². The van der Waals surface area contributed by atoms with Crippen LogP contribution in [0.4, 0.5) is 0 Å². The lowest BCUT2D eigenvalue weighted by Crippen LogP contribution is -2.02. The summed E-state index contributed by atoms with van der Waals surface area (Å²) >= 11 is 3.49. The van der Waals surface area contributed by atoms with Crippen molar-refractivity contribution in [2.24, 2.45) is 0 Å². The second-order valence-corrected chi connectivity index (χ2v) is 7.34. The Morgan fingerprint density at radius 2 is 1.56 bits per heavy atom. The van der Waals surface area contributed by atoms with E-state index in [1.54, 1.807) is 14.2 Å². The van der Waals surface area contributed by atoms with Crippen molar-refractivity contribution >= 4 is 37.7 Å². The normalized spacial score (nSPS) is 11.3. The number of aromatic nitrogens is 1. The number of nitrogens with zero attached hydrogens (tertiary/aromatic N) is 1. The predicted octanol–water partition coefficient (Wildman–Crippen LogP) is 5.11. The van der Waals surface area contributed by atoms with Gasteiger partial charge < -0.3 is 19.1 Å². The number of fused-ring (bicyclic) bond motifs is 3. The number of aliphatic hydroxyl groups is 1. The lowest BCUT2D eigenvalue weighted by atomic mass is 10.1. The first-order valence-corrected chi connectivity index (χ1v) is 9.46. The number of methoxy groups -OCH3 is 2. The molecule has 0 fully saturated rings. The highest BCUT2D eigenvalue weighted by Crippen LogP contribution is 2.40. The molecular weight excluding hydrogens is 406 g/mol. The molecule has 0 atom stereocenters. The Morgan fingerprint density at radius 3 is 2.22 bits per heavy atom. The Morgan fingerprint density at radius 1 is 0.852 bits per heavy atom. The summed E-state index contributed by atoms with van der Waals surface area (Å²) in [4.78, 5) is 0. The van der Waals surface area contributed by atoms with Gasteiger partial charge in [-0.2, -0.15) is 0 Å². The fourth-order valence-corrected chi connectivity index (χ4v) is 3.88. The molecule has 0 saturated heterocycles. The molecule has 1 aromatic heterocycles. The molecule has 27 heavy (non-hydrogen) atoms. The molecule has 138 valence electrons. The zero-order chi connectivity index (χ0) is 19.0.